The van der Waals surface area contributed by atoms with Gasteiger partial charge in [0.05, 0.1) is 6.10 Å². The van der Waals surface area contributed by atoms with Crippen LogP contribution in [0.2, 0.25) is 0 Å². The van der Waals surface area contributed by atoms with Crippen molar-refractivity contribution >= 4 is 0 Å². The lowest BCUT2D eigenvalue weighted by Gasteiger charge is -2.32. The van der Waals surface area contributed by atoms with Crippen molar-refractivity contribution < 1.29 is 9.50 Å². The molecule has 0 aliphatic carbocycles. The van der Waals surface area contributed by atoms with Crippen molar-refractivity contribution in [3.05, 3.63) is 35.9 Å². The zero-order valence-electron chi connectivity index (χ0n) is 8.64. The summed E-state index contributed by atoms with van der Waals surface area (Å²) in [5.41, 5.74) is 1.17. The van der Waals surface area contributed by atoms with E-state index in [1.807, 2.05) is 35.2 Å². The Bertz CT molecular complexity index is 294. The molecule has 0 aromatic heterocycles. The largest absolute Gasteiger partial charge is 0.392 e. The molecular formula is C12H16FNO. The number of hydrogen-bond acceptors (Lipinski definition) is 2. The van der Waals surface area contributed by atoms with E-state index < -0.39 is 12.3 Å². The molecule has 1 aliphatic heterocycles. The topological polar surface area (TPSA) is 23.5 Å². The fourth-order valence-electron chi connectivity index (χ4n) is 2.07. The quantitative estimate of drug-likeness (QED) is 0.799. The van der Waals surface area contributed by atoms with Crippen molar-refractivity contribution in [1.29, 1.82) is 0 Å². The molecule has 3 heteroatoms. The summed E-state index contributed by atoms with van der Waals surface area (Å²) in [6.45, 7) is 1.74. The van der Waals surface area contributed by atoms with Crippen LogP contribution in [0.5, 0.6) is 0 Å². The fourth-order valence-corrected chi connectivity index (χ4v) is 2.07. The lowest BCUT2D eigenvalue weighted by Crippen LogP contribution is -2.43. The Morgan fingerprint density at radius 3 is 2.67 bits per heavy atom. The maximum Gasteiger partial charge on any atom is 0.115 e. The SMILES string of the molecule is OC1CC(F)CN(Cc2ccccc2)C1. The third-order valence-electron chi connectivity index (χ3n) is 2.70. The lowest BCUT2D eigenvalue weighted by atomic mass is 10.1. The van der Waals surface area contributed by atoms with Gasteiger partial charge in [0.15, 0.2) is 0 Å². The molecule has 2 rings (SSSR count). The van der Waals surface area contributed by atoms with Gasteiger partial charge in [0.25, 0.3) is 0 Å². The summed E-state index contributed by atoms with van der Waals surface area (Å²) in [6, 6.07) is 9.96. The molecule has 2 atom stereocenters. The molecule has 15 heavy (non-hydrogen) atoms. The molecule has 0 bridgehead atoms. The van der Waals surface area contributed by atoms with Crippen LogP contribution in [-0.2, 0) is 6.54 Å². The third kappa shape index (κ3) is 3.01. The zero-order valence-corrected chi connectivity index (χ0v) is 8.64. The number of rotatable bonds is 2. The maximum absolute atomic E-state index is 13.2. The Morgan fingerprint density at radius 2 is 2.00 bits per heavy atom. The summed E-state index contributed by atoms with van der Waals surface area (Å²) in [5.74, 6) is 0. The predicted octanol–water partition coefficient (Wildman–Crippen LogP) is 1.59. The van der Waals surface area contributed by atoms with Crippen LogP contribution >= 0.6 is 0 Å². The van der Waals surface area contributed by atoms with E-state index in [0.717, 1.165) is 6.54 Å². The van der Waals surface area contributed by atoms with Crippen LogP contribution in [-0.4, -0.2) is 35.4 Å². The molecule has 1 aromatic rings. The Hall–Kier alpha value is -0.930. The summed E-state index contributed by atoms with van der Waals surface area (Å²) in [7, 11) is 0. The van der Waals surface area contributed by atoms with Crippen LogP contribution in [0.4, 0.5) is 4.39 Å². The number of halogens is 1. The van der Waals surface area contributed by atoms with E-state index in [2.05, 4.69) is 0 Å². The highest BCUT2D eigenvalue weighted by Crippen LogP contribution is 2.16. The molecule has 1 saturated heterocycles. The minimum atomic E-state index is -0.891. The van der Waals surface area contributed by atoms with Crippen LogP contribution in [0.25, 0.3) is 0 Å². The van der Waals surface area contributed by atoms with Crippen LogP contribution in [0, 0.1) is 0 Å². The molecule has 1 aromatic carbocycles. The molecule has 0 radical (unpaired) electrons. The standard InChI is InChI=1S/C12H16FNO/c13-11-6-12(15)9-14(8-11)7-10-4-2-1-3-5-10/h1-5,11-12,15H,6-9H2. The fraction of sp³-hybridized carbons (Fsp3) is 0.500. The summed E-state index contributed by atoms with van der Waals surface area (Å²) in [4.78, 5) is 1.97. The number of alkyl halides is 1. The smallest absolute Gasteiger partial charge is 0.115 e. The van der Waals surface area contributed by atoms with Gasteiger partial charge in [-0.3, -0.25) is 4.90 Å². The monoisotopic (exact) mass is 209 g/mol. The van der Waals surface area contributed by atoms with Gasteiger partial charge in [-0.15, -0.1) is 0 Å². The maximum atomic E-state index is 13.2. The van der Waals surface area contributed by atoms with Crippen LogP contribution < -0.4 is 0 Å². The number of benzene rings is 1. The number of aliphatic hydroxyl groups excluding tert-OH is 1. The van der Waals surface area contributed by atoms with E-state index in [9.17, 15) is 9.50 Å². The molecule has 0 saturated carbocycles. The van der Waals surface area contributed by atoms with Gasteiger partial charge in [0, 0.05) is 26.1 Å². The van der Waals surface area contributed by atoms with Gasteiger partial charge < -0.3 is 5.11 Å². The van der Waals surface area contributed by atoms with E-state index >= 15 is 0 Å². The average molecular weight is 209 g/mol. The number of nitrogens with zero attached hydrogens (tertiary/aromatic N) is 1. The number of piperidine rings is 1. The van der Waals surface area contributed by atoms with Crippen molar-refractivity contribution in [2.75, 3.05) is 13.1 Å². The second kappa shape index (κ2) is 4.73. The van der Waals surface area contributed by atoms with Crippen LogP contribution in [0.15, 0.2) is 30.3 Å². The highest BCUT2D eigenvalue weighted by Gasteiger charge is 2.25. The van der Waals surface area contributed by atoms with Gasteiger partial charge in [-0.05, 0) is 5.56 Å². The first-order valence-electron chi connectivity index (χ1n) is 5.32. The first-order chi connectivity index (χ1) is 7.24. The second-order valence-corrected chi connectivity index (χ2v) is 4.17. The summed E-state index contributed by atoms with van der Waals surface area (Å²) in [6.07, 6.45) is -1.12. The highest BCUT2D eigenvalue weighted by molar-refractivity contribution is 5.14. The molecule has 0 spiro atoms. The van der Waals surface area contributed by atoms with Crippen molar-refractivity contribution in [2.24, 2.45) is 0 Å². The molecule has 1 heterocycles. The minimum absolute atomic E-state index is 0.283. The molecular weight excluding hydrogens is 193 g/mol. The number of hydrogen-bond donors (Lipinski definition) is 1. The first-order valence-corrected chi connectivity index (χ1v) is 5.32. The molecule has 2 unspecified atom stereocenters. The number of likely N-dealkylation sites (tertiary alicyclic amines) is 1. The summed E-state index contributed by atoms with van der Waals surface area (Å²) >= 11 is 0. The van der Waals surface area contributed by atoms with Gasteiger partial charge in [0.1, 0.15) is 6.17 Å². The van der Waals surface area contributed by atoms with Crippen molar-refractivity contribution in [3.63, 3.8) is 0 Å². The lowest BCUT2D eigenvalue weighted by molar-refractivity contribution is 0.0227. The average Bonchev–Trinajstić information content (AvgIpc) is 2.17. The molecule has 2 nitrogen and oxygen atoms in total. The molecule has 82 valence electrons. The van der Waals surface area contributed by atoms with Crippen molar-refractivity contribution in [2.45, 2.75) is 25.2 Å². The van der Waals surface area contributed by atoms with Crippen molar-refractivity contribution in [3.8, 4) is 0 Å². The van der Waals surface area contributed by atoms with Gasteiger partial charge in [-0.2, -0.15) is 0 Å². The third-order valence-corrected chi connectivity index (χ3v) is 2.70. The first kappa shape index (κ1) is 10.6. The predicted molar refractivity (Wildman–Crippen MR) is 57.2 cm³/mol. The Morgan fingerprint density at radius 1 is 1.27 bits per heavy atom. The minimum Gasteiger partial charge on any atom is -0.392 e. The van der Waals surface area contributed by atoms with E-state index in [1.165, 1.54) is 5.56 Å². The highest BCUT2D eigenvalue weighted by atomic mass is 19.1. The zero-order chi connectivity index (χ0) is 10.7. The number of aliphatic hydroxyl groups is 1. The van der Waals surface area contributed by atoms with E-state index in [4.69, 9.17) is 0 Å². The molecule has 0 amide bonds. The van der Waals surface area contributed by atoms with E-state index in [0.29, 0.717) is 13.1 Å². The van der Waals surface area contributed by atoms with Gasteiger partial charge in [-0.25, -0.2) is 4.39 Å². The van der Waals surface area contributed by atoms with E-state index in [1.54, 1.807) is 0 Å². The van der Waals surface area contributed by atoms with Crippen molar-refractivity contribution in [1.82, 2.24) is 4.90 Å². The van der Waals surface area contributed by atoms with Gasteiger partial charge >= 0.3 is 0 Å². The molecule has 1 aliphatic rings. The normalized spacial score (nSPS) is 27.9. The Labute approximate surface area is 89.3 Å². The number of β-amino-alcohol motifs (C(OH)–C–C–N with tert-alkyl or cyclic N) is 1. The summed E-state index contributed by atoms with van der Waals surface area (Å²) in [5, 5.41) is 9.45. The summed E-state index contributed by atoms with van der Waals surface area (Å²) < 4.78 is 13.2. The van der Waals surface area contributed by atoms with E-state index in [-0.39, 0.29) is 6.42 Å². The Kier molecular flexibility index (Phi) is 3.34. The Balaban J connectivity index is 1.94. The van der Waals surface area contributed by atoms with Gasteiger partial charge in [0.2, 0.25) is 0 Å². The van der Waals surface area contributed by atoms with Crippen LogP contribution in [0.1, 0.15) is 12.0 Å². The second-order valence-electron chi connectivity index (χ2n) is 4.17. The van der Waals surface area contributed by atoms with Crippen LogP contribution in [0.3, 0.4) is 0 Å². The van der Waals surface area contributed by atoms with Gasteiger partial charge in [-0.1, -0.05) is 30.3 Å². The molecule has 1 N–H and O–H groups in total. The molecule has 1 fully saturated rings.